The number of hydrogen-bond donors (Lipinski definition) is 7. The average molecular weight is 744 g/mol. The maximum atomic E-state index is 12.1. The maximum Gasteiger partial charge on any atom is 0.490 e. The summed E-state index contributed by atoms with van der Waals surface area (Å²) in [4.78, 5) is 66.5. The van der Waals surface area contributed by atoms with Gasteiger partial charge in [-0.05, 0) is 69.5 Å². The SMILES string of the molecule is CCOC(=O)CCc1ccccc1.NCCCC[C@H](NC(=O)N[C@H](CCCCNC(=O)OCc1ccccc1)C(N)=O)C(=O)O.O=C(O)C(F)(F)F. The van der Waals surface area contributed by atoms with Crippen molar-refractivity contribution in [2.75, 3.05) is 19.7 Å². The fourth-order valence-corrected chi connectivity index (χ4v) is 3.96. The van der Waals surface area contributed by atoms with E-state index in [1.807, 2.05) is 67.6 Å². The molecule has 290 valence electrons. The number of aliphatic carboxylic acids is 2. The third-order valence-corrected chi connectivity index (χ3v) is 6.61. The zero-order valence-electron chi connectivity index (χ0n) is 28.9. The zero-order valence-corrected chi connectivity index (χ0v) is 28.9. The van der Waals surface area contributed by atoms with Crippen molar-refractivity contribution in [2.45, 2.75) is 83.2 Å². The Morgan fingerprint density at radius 3 is 1.81 bits per heavy atom. The number of primary amides is 1. The molecule has 15 nitrogen and oxygen atoms in total. The van der Waals surface area contributed by atoms with E-state index in [1.54, 1.807) is 0 Å². The summed E-state index contributed by atoms with van der Waals surface area (Å²) in [5, 5.41) is 23.7. The number of esters is 1. The molecule has 2 aromatic rings. The second kappa shape index (κ2) is 27.3. The van der Waals surface area contributed by atoms with Gasteiger partial charge < -0.3 is 47.1 Å². The van der Waals surface area contributed by atoms with Crippen LogP contribution in [0.5, 0.6) is 0 Å². The molecule has 0 spiro atoms. The van der Waals surface area contributed by atoms with Gasteiger partial charge >= 0.3 is 36.2 Å². The number of amides is 4. The Hall–Kier alpha value is -5.39. The molecule has 0 fully saturated rings. The molecule has 52 heavy (non-hydrogen) atoms. The Labute approximate surface area is 299 Å². The van der Waals surface area contributed by atoms with Gasteiger partial charge in [0.05, 0.1) is 6.61 Å². The van der Waals surface area contributed by atoms with E-state index in [0.717, 1.165) is 12.0 Å². The Balaban J connectivity index is 0.00000105. The third kappa shape index (κ3) is 24.7. The number of rotatable bonds is 19. The first-order chi connectivity index (χ1) is 24.6. The Bertz CT molecular complexity index is 1350. The van der Waals surface area contributed by atoms with Gasteiger partial charge in [0.25, 0.3) is 0 Å². The molecule has 0 unspecified atom stereocenters. The molecule has 4 amide bonds. The van der Waals surface area contributed by atoms with Crippen LogP contribution in [-0.4, -0.2) is 84.1 Å². The molecule has 0 aliphatic rings. The van der Waals surface area contributed by atoms with Gasteiger partial charge in [0.2, 0.25) is 5.91 Å². The third-order valence-electron chi connectivity index (χ3n) is 6.61. The van der Waals surface area contributed by atoms with Gasteiger partial charge in [-0.15, -0.1) is 0 Å². The molecular weight excluding hydrogens is 695 g/mol. The summed E-state index contributed by atoms with van der Waals surface area (Å²) in [7, 11) is 0. The summed E-state index contributed by atoms with van der Waals surface area (Å²) in [5.74, 6) is -4.78. The first-order valence-electron chi connectivity index (χ1n) is 16.3. The maximum absolute atomic E-state index is 12.1. The average Bonchev–Trinajstić information content (AvgIpc) is 3.10. The molecule has 18 heteroatoms. The van der Waals surface area contributed by atoms with Gasteiger partial charge in [0.1, 0.15) is 18.7 Å². The number of aryl methyl sites for hydroxylation is 1. The van der Waals surface area contributed by atoms with Crippen LogP contribution in [-0.2, 0) is 41.7 Å². The number of alkyl carbamates (subject to hydrolysis) is 1. The molecule has 9 N–H and O–H groups in total. The topological polar surface area (TPSA) is 249 Å². The molecule has 0 radical (unpaired) electrons. The second-order valence-electron chi connectivity index (χ2n) is 10.8. The van der Waals surface area contributed by atoms with Crippen LogP contribution in [0.25, 0.3) is 0 Å². The lowest BCUT2D eigenvalue weighted by molar-refractivity contribution is -0.192. The fourth-order valence-electron chi connectivity index (χ4n) is 3.96. The highest BCUT2D eigenvalue weighted by atomic mass is 19.4. The Kier molecular flexibility index (Phi) is 24.5. The molecule has 0 saturated carbocycles. The molecule has 0 saturated heterocycles. The summed E-state index contributed by atoms with van der Waals surface area (Å²) >= 11 is 0. The summed E-state index contributed by atoms with van der Waals surface area (Å²) in [6.07, 6.45) is -1.71. The minimum absolute atomic E-state index is 0.119. The molecule has 0 aromatic heterocycles. The summed E-state index contributed by atoms with van der Waals surface area (Å²) < 4.78 is 41.7. The van der Waals surface area contributed by atoms with Crippen molar-refractivity contribution >= 4 is 35.9 Å². The number of urea groups is 1. The van der Waals surface area contributed by atoms with Crippen molar-refractivity contribution in [3.05, 3.63) is 71.8 Å². The number of carbonyl (C=O) groups is 6. The number of nitrogens with two attached hydrogens (primary N) is 2. The standard InChI is InChI=1S/C21H33N5O6.C11H14O2.C2HF3O2/c22-12-6-4-11-17(19(28)29)26-20(30)25-16(18(23)27)10-5-7-13-24-21(31)32-14-15-8-2-1-3-9-15;1-2-13-11(12)9-8-10-6-4-3-5-7-10;3-2(4,5)1(6)7/h1-3,8-9,16-17H,4-7,10-14,22H2,(H2,23,27)(H,24,31)(H,28,29)(H2,25,26,30);3-7H,2,8-9H2,1H3;(H,6,7)/t16-,17+;;/m1../s1. The number of carboxylic acid groups (broad SMARTS) is 2. The first kappa shape index (κ1) is 46.6. The van der Waals surface area contributed by atoms with Crippen LogP contribution in [0.15, 0.2) is 60.7 Å². The van der Waals surface area contributed by atoms with Crippen molar-refractivity contribution < 1.29 is 61.6 Å². The quantitative estimate of drug-likeness (QED) is 0.0808. The van der Waals surface area contributed by atoms with Gasteiger partial charge in [-0.2, -0.15) is 13.2 Å². The second-order valence-corrected chi connectivity index (χ2v) is 10.8. The molecular formula is C34H48F3N5O10. The highest BCUT2D eigenvalue weighted by Crippen LogP contribution is 2.13. The van der Waals surface area contributed by atoms with Crippen molar-refractivity contribution in [2.24, 2.45) is 11.5 Å². The van der Waals surface area contributed by atoms with Gasteiger partial charge in [0, 0.05) is 13.0 Å². The smallest absolute Gasteiger partial charge is 0.480 e. The molecule has 2 aromatic carbocycles. The van der Waals surface area contributed by atoms with Crippen LogP contribution >= 0.6 is 0 Å². The van der Waals surface area contributed by atoms with Crippen molar-refractivity contribution in [1.82, 2.24) is 16.0 Å². The van der Waals surface area contributed by atoms with Crippen LogP contribution < -0.4 is 27.4 Å². The van der Waals surface area contributed by atoms with Gasteiger partial charge in [-0.3, -0.25) is 9.59 Å². The minimum atomic E-state index is -5.08. The van der Waals surface area contributed by atoms with Crippen molar-refractivity contribution in [3.63, 3.8) is 0 Å². The van der Waals surface area contributed by atoms with E-state index in [1.165, 1.54) is 5.56 Å². The monoisotopic (exact) mass is 743 g/mol. The highest BCUT2D eigenvalue weighted by molar-refractivity contribution is 5.88. The van der Waals surface area contributed by atoms with E-state index in [2.05, 4.69) is 16.0 Å². The highest BCUT2D eigenvalue weighted by Gasteiger charge is 2.38. The number of hydrogen-bond acceptors (Lipinski definition) is 9. The number of ether oxygens (including phenoxy) is 2. The van der Waals surface area contributed by atoms with Crippen LogP contribution in [0.2, 0.25) is 0 Å². The number of benzene rings is 2. The predicted molar refractivity (Wildman–Crippen MR) is 183 cm³/mol. The molecule has 2 atom stereocenters. The van der Waals surface area contributed by atoms with Gasteiger partial charge in [-0.1, -0.05) is 60.7 Å². The molecule has 0 aliphatic heterocycles. The van der Waals surface area contributed by atoms with Crippen LogP contribution in [0, 0.1) is 0 Å². The van der Waals surface area contributed by atoms with E-state index >= 15 is 0 Å². The summed E-state index contributed by atoms with van der Waals surface area (Å²) in [5.41, 5.74) is 12.8. The molecule has 0 aliphatic carbocycles. The number of nitrogens with one attached hydrogen (secondary N) is 3. The lowest BCUT2D eigenvalue weighted by Gasteiger charge is -2.19. The zero-order chi connectivity index (χ0) is 39.4. The largest absolute Gasteiger partial charge is 0.490 e. The van der Waals surface area contributed by atoms with Gasteiger partial charge in [0.15, 0.2) is 0 Å². The van der Waals surface area contributed by atoms with Crippen molar-refractivity contribution in [1.29, 1.82) is 0 Å². The van der Waals surface area contributed by atoms with Crippen LogP contribution in [0.1, 0.15) is 63.0 Å². The normalized spacial score (nSPS) is 11.5. The summed E-state index contributed by atoms with van der Waals surface area (Å²) in [6.45, 7) is 3.21. The molecule has 0 heterocycles. The van der Waals surface area contributed by atoms with Crippen molar-refractivity contribution in [3.8, 4) is 0 Å². The lowest BCUT2D eigenvalue weighted by Crippen LogP contribution is -2.52. The van der Waals surface area contributed by atoms with E-state index in [0.29, 0.717) is 51.8 Å². The van der Waals surface area contributed by atoms with Crippen LogP contribution in [0.4, 0.5) is 22.8 Å². The Morgan fingerprint density at radius 2 is 1.31 bits per heavy atom. The van der Waals surface area contributed by atoms with E-state index < -0.39 is 48.2 Å². The van der Waals surface area contributed by atoms with E-state index in [4.69, 9.17) is 30.8 Å². The number of alkyl halides is 3. The Morgan fingerprint density at radius 1 is 0.788 bits per heavy atom. The number of unbranched alkanes of at least 4 members (excludes halogenated alkanes) is 2. The summed E-state index contributed by atoms with van der Waals surface area (Å²) in [6, 6.07) is 16.4. The molecule has 2 rings (SSSR count). The van der Waals surface area contributed by atoms with E-state index in [-0.39, 0.29) is 25.4 Å². The van der Waals surface area contributed by atoms with E-state index in [9.17, 15) is 42.3 Å². The number of carbonyl (C=O) groups excluding carboxylic acids is 4. The van der Waals surface area contributed by atoms with Crippen LogP contribution in [0.3, 0.4) is 0 Å². The van der Waals surface area contributed by atoms with Gasteiger partial charge in [-0.25, -0.2) is 19.2 Å². The number of carboxylic acids is 2. The lowest BCUT2D eigenvalue weighted by atomic mass is 10.1. The molecule has 0 bridgehead atoms. The first-order valence-corrected chi connectivity index (χ1v) is 16.3. The number of halogens is 3. The fraction of sp³-hybridized carbons (Fsp3) is 0.471. The minimum Gasteiger partial charge on any atom is -0.480 e. The predicted octanol–water partition coefficient (Wildman–Crippen LogP) is 3.63.